The molecule has 180 valence electrons. The summed E-state index contributed by atoms with van der Waals surface area (Å²) in [6.07, 6.45) is 9.10. The number of nitrogens with one attached hydrogen (secondary N) is 3. The van der Waals surface area contributed by atoms with Crippen LogP contribution in [-0.2, 0) is 0 Å². The summed E-state index contributed by atoms with van der Waals surface area (Å²) in [4.78, 5) is 15.5. The molecule has 3 N–H and O–H groups in total. The van der Waals surface area contributed by atoms with E-state index in [0.717, 1.165) is 53.4 Å². The van der Waals surface area contributed by atoms with E-state index in [9.17, 15) is 0 Å². The third-order valence-electron chi connectivity index (χ3n) is 6.76. The minimum absolute atomic E-state index is 0.380. The van der Waals surface area contributed by atoms with Gasteiger partial charge >= 0.3 is 0 Å². The Labute approximate surface area is 202 Å². The van der Waals surface area contributed by atoms with Gasteiger partial charge in [0.1, 0.15) is 11.6 Å². The van der Waals surface area contributed by atoms with E-state index in [1.165, 1.54) is 25.7 Å². The van der Waals surface area contributed by atoms with Gasteiger partial charge in [0.2, 0.25) is 6.54 Å². The molecule has 0 amide bonds. The van der Waals surface area contributed by atoms with Crippen molar-refractivity contribution in [3.05, 3.63) is 47.6 Å². The van der Waals surface area contributed by atoms with E-state index >= 15 is 0 Å². The van der Waals surface area contributed by atoms with Crippen molar-refractivity contribution >= 4 is 28.4 Å². The lowest BCUT2D eigenvalue weighted by atomic mass is 9.97. The maximum absolute atomic E-state index is 7.10. The maximum atomic E-state index is 7.10. The van der Waals surface area contributed by atoms with Crippen LogP contribution in [0.25, 0.3) is 15.7 Å². The number of rotatable bonds is 7. The van der Waals surface area contributed by atoms with Gasteiger partial charge in [-0.25, -0.2) is 11.6 Å². The standard InChI is InChI=1S/C22H26N8.C4H10/c1-14-10-21(29-28-14)26-20-13-19-18(4-3-7-24-19)22(27-20)25-15-11-16-5-6-17(12-15)30(16)9-8-23-2;1-3-4-2/h3-4,7,10,13,15-17H,5-6,8-9,11-12H2,1H3,(H3,25,26,27,28,29);3-4H2,1-2H3/t15?,16-,17+;. The summed E-state index contributed by atoms with van der Waals surface area (Å²) in [5.41, 5.74) is 1.90. The number of hydrogen-bond donors (Lipinski definition) is 3. The van der Waals surface area contributed by atoms with E-state index in [1.807, 2.05) is 31.3 Å². The van der Waals surface area contributed by atoms with Gasteiger partial charge < -0.3 is 15.5 Å². The highest BCUT2D eigenvalue weighted by Crippen LogP contribution is 2.37. The molecule has 34 heavy (non-hydrogen) atoms. The number of unbranched alkanes of at least 4 members (excludes halogenated alkanes) is 1. The first-order valence-corrected chi connectivity index (χ1v) is 12.5. The fourth-order valence-corrected chi connectivity index (χ4v) is 4.98. The highest BCUT2D eigenvalue weighted by atomic mass is 15.2. The highest BCUT2D eigenvalue weighted by Gasteiger charge is 2.40. The molecule has 3 atom stereocenters. The lowest BCUT2D eigenvalue weighted by molar-refractivity contribution is 0.139. The fourth-order valence-electron chi connectivity index (χ4n) is 4.98. The zero-order valence-electron chi connectivity index (χ0n) is 20.5. The Morgan fingerprint density at radius 1 is 1.15 bits per heavy atom. The van der Waals surface area contributed by atoms with E-state index < -0.39 is 0 Å². The summed E-state index contributed by atoms with van der Waals surface area (Å²) in [6, 6.07) is 9.46. The zero-order valence-corrected chi connectivity index (χ0v) is 20.5. The van der Waals surface area contributed by atoms with Crippen LogP contribution < -0.4 is 10.6 Å². The van der Waals surface area contributed by atoms with Gasteiger partial charge in [-0.3, -0.25) is 15.0 Å². The molecule has 0 aromatic carbocycles. The van der Waals surface area contributed by atoms with Gasteiger partial charge in [0.05, 0.1) is 12.1 Å². The van der Waals surface area contributed by atoms with Crippen molar-refractivity contribution in [3.8, 4) is 0 Å². The van der Waals surface area contributed by atoms with E-state index in [2.05, 4.69) is 55.5 Å². The molecule has 0 spiro atoms. The first kappa shape index (κ1) is 24.0. The van der Waals surface area contributed by atoms with Crippen molar-refractivity contribution in [1.29, 1.82) is 0 Å². The summed E-state index contributed by atoms with van der Waals surface area (Å²) < 4.78 is 0. The lowest BCUT2D eigenvalue weighted by Crippen LogP contribution is -2.47. The van der Waals surface area contributed by atoms with Crippen LogP contribution in [0.5, 0.6) is 0 Å². The Morgan fingerprint density at radius 3 is 2.56 bits per heavy atom. The van der Waals surface area contributed by atoms with Gasteiger partial charge in [-0.05, 0) is 44.7 Å². The zero-order chi connectivity index (χ0) is 23.9. The molecule has 2 fully saturated rings. The number of aryl methyl sites for hydroxylation is 1. The minimum Gasteiger partial charge on any atom is -0.367 e. The van der Waals surface area contributed by atoms with E-state index in [4.69, 9.17) is 11.6 Å². The van der Waals surface area contributed by atoms with Gasteiger partial charge in [0.15, 0.2) is 5.82 Å². The molecule has 2 saturated heterocycles. The number of anilines is 3. The molecule has 0 radical (unpaired) electrons. The topological polar surface area (TPSA) is 86.1 Å². The van der Waals surface area contributed by atoms with Crippen LogP contribution in [0.3, 0.4) is 0 Å². The van der Waals surface area contributed by atoms with Gasteiger partial charge in [-0.2, -0.15) is 5.10 Å². The molecule has 5 rings (SSSR count). The quantitative estimate of drug-likeness (QED) is 0.402. The van der Waals surface area contributed by atoms with Crippen LogP contribution in [0.15, 0.2) is 30.5 Å². The molecule has 0 aliphatic carbocycles. The van der Waals surface area contributed by atoms with Crippen molar-refractivity contribution in [2.24, 2.45) is 0 Å². The molecule has 0 saturated carbocycles. The van der Waals surface area contributed by atoms with Crippen molar-refractivity contribution in [1.82, 2.24) is 25.1 Å². The third-order valence-corrected chi connectivity index (χ3v) is 6.76. The number of nitrogens with zero attached hydrogens (tertiary/aromatic N) is 5. The molecule has 3 aromatic rings. The molecule has 1 unspecified atom stereocenters. The van der Waals surface area contributed by atoms with Gasteiger partial charge in [0, 0.05) is 47.5 Å². The Hall–Kier alpha value is -3.18. The minimum atomic E-state index is 0.380. The molecule has 8 nitrogen and oxygen atoms in total. The molecule has 8 heteroatoms. The van der Waals surface area contributed by atoms with E-state index in [1.54, 1.807) is 0 Å². The molecular weight excluding hydrogens is 424 g/mol. The van der Waals surface area contributed by atoms with E-state index in [-0.39, 0.29) is 0 Å². The smallest absolute Gasteiger partial charge is 0.227 e. The number of aromatic nitrogens is 4. The average molecular weight is 461 g/mol. The summed E-state index contributed by atoms with van der Waals surface area (Å²) in [6.45, 7) is 14.9. The Kier molecular flexibility index (Phi) is 7.96. The first-order valence-electron chi connectivity index (χ1n) is 12.5. The van der Waals surface area contributed by atoms with Gasteiger partial charge in [0.25, 0.3) is 0 Å². The molecule has 5 heterocycles. The number of fused-ring (bicyclic) bond motifs is 3. The van der Waals surface area contributed by atoms with Crippen LogP contribution in [-0.4, -0.2) is 56.3 Å². The number of H-pyrrole nitrogens is 1. The largest absolute Gasteiger partial charge is 0.367 e. The van der Waals surface area contributed by atoms with Gasteiger partial charge in [-0.1, -0.05) is 26.7 Å². The summed E-state index contributed by atoms with van der Waals surface area (Å²) >= 11 is 0. The van der Waals surface area contributed by atoms with Crippen molar-refractivity contribution in [2.45, 2.75) is 77.4 Å². The lowest BCUT2D eigenvalue weighted by Gasteiger charge is -2.38. The first-order chi connectivity index (χ1) is 16.6. The summed E-state index contributed by atoms with van der Waals surface area (Å²) in [7, 11) is 0. The van der Waals surface area contributed by atoms with Crippen LogP contribution in [0.4, 0.5) is 17.5 Å². The Bertz CT molecular complexity index is 1100. The van der Waals surface area contributed by atoms with E-state index in [0.29, 0.717) is 24.7 Å². The predicted molar refractivity (Wildman–Crippen MR) is 138 cm³/mol. The summed E-state index contributed by atoms with van der Waals surface area (Å²) in [5.74, 6) is 2.34. The fraction of sp³-hybridized carbons (Fsp3) is 0.538. The monoisotopic (exact) mass is 460 g/mol. The molecule has 2 aliphatic heterocycles. The number of hydrogen-bond acceptors (Lipinski definition) is 6. The second-order valence-corrected chi connectivity index (χ2v) is 9.30. The molecule has 2 bridgehead atoms. The molecular formula is C26H36N8. The van der Waals surface area contributed by atoms with Crippen LogP contribution in [0.2, 0.25) is 0 Å². The SMILES string of the molecule is CCCC.[C-]#[N+]CCN1[C@@H]2CC[C@H]1CC(Nc1nc(Nc3cc(C)[nH]n3)cc3ncccc13)C2. The second kappa shape index (κ2) is 11.3. The summed E-state index contributed by atoms with van der Waals surface area (Å²) in [5, 5.41) is 15.2. The van der Waals surface area contributed by atoms with Crippen molar-refractivity contribution in [3.63, 3.8) is 0 Å². The maximum Gasteiger partial charge on any atom is 0.227 e. The van der Waals surface area contributed by atoms with Crippen molar-refractivity contribution < 1.29 is 0 Å². The Balaban J connectivity index is 0.000000636. The van der Waals surface area contributed by atoms with Crippen LogP contribution in [0.1, 0.15) is 58.1 Å². The molecule has 3 aromatic heterocycles. The number of piperidine rings is 1. The highest BCUT2D eigenvalue weighted by molar-refractivity contribution is 5.91. The normalized spacial score (nSPS) is 21.5. The third kappa shape index (κ3) is 5.65. The number of pyridine rings is 2. The number of aromatic amines is 1. The van der Waals surface area contributed by atoms with Crippen molar-refractivity contribution in [2.75, 3.05) is 23.7 Å². The van der Waals surface area contributed by atoms with Crippen LogP contribution >= 0.6 is 0 Å². The predicted octanol–water partition coefficient (Wildman–Crippen LogP) is 5.54. The second-order valence-electron chi connectivity index (χ2n) is 9.30. The Morgan fingerprint density at radius 2 is 1.91 bits per heavy atom. The van der Waals surface area contributed by atoms with Gasteiger partial charge in [-0.15, -0.1) is 0 Å². The molecule has 2 aliphatic rings. The van der Waals surface area contributed by atoms with Crippen LogP contribution in [0, 0.1) is 13.5 Å². The average Bonchev–Trinajstić information content (AvgIpc) is 3.36.